The molecule has 1 saturated carbocycles. The fourth-order valence-corrected chi connectivity index (χ4v) is 6.78. The lowest BCUT2D eigenvalue weighted by molar-refractivity contribution is 0.102. The van der Waals surface area contributed by atoms with Crippen LogP contribution in [0.3, 0.4) is 0 Å². The predicted octanol–water partition coefficient (Wildman–Crippen LogP) is 4.13. The number of para-hydroxylation sites is 1. The van der Waals surface area contributed by atoms with Crippen LogP contribution in [0.5, 0.6) is 0 Å². The van der Waals surface area contributed by atoms with Gasteiger partial charge >= 0.3 is 0 Å². The fraction of sp³-hybridized carbons (Fsp3) is 0.500. The number of aryl methyl sites for hydroxylation is 2. The standard InChI is InChI=1S/C28H35N5O4S/c34-17-18-38(36,37)31-20-8-9-21(24(19-20)32-15-12-28(10-11-28)13-16-32)27(35)29-22-5-4-6-23-26(22)30-25-7-2-1-3-14-33(23)25/h4-6,8-9,19,31,34H,1-3,7,10-18H2,(H,29,35). The number of hydrogen-bond acceptors (Lipinski definition) is 6. The molecule has 2 aliphatic heterocycles. The molecule has 2 fully saturated rings. The highest BCUT2D eigenvalue weighted by molar-refractivity contribution is 7.92. The first-order valence-corrected chi connectivity index (χ1v) is 15.3. The van der Waals surface area contributed by atoms with E-state index in [1.807, 2.05) is 12.1 Å². The molecule has 2 aromatic carbocycles. The van der Waals surface area contributed by atoms with Gasteiger partial charge in [-0.25, -0.2) is 13.4 Å². The number of carbonyl (C=O) groups is 1. The summed E-state index contributed by atoms with van der Waals surface area (Å²) in [5.41, 5.74) is 4.60. The molecule has 0 bridgehead atoms. The second-order valence-electron chi connectivity index (χ2n) is 11.0. The number of piperidine rings is 1. The fourth-order valence-electron chi connectivity index (χ4n) is 5.95. The van der Waals surface area contributed by atoms with Crippen LogP contribution in [0.4, 0.5) is 17.1 Å². The Morgan fingerprint density at radius 1 is 1.03 bits per heavy atom. The number of hydrogen-bond donors (Lipinski definition) is 3. The monoisotopic (exact) mass is 537 g/mol. The van der Waals surface area contributed by atoms with Crippen LogP contribution in [0.2, 0.25) is 0 Å². The average molecular weight is 538 g/mol. The highest BCUT2D eigenvalue weighted by Gasteiger charge is 2.44. The van der Waals surface area contributed by atoms with Crippen LogP contribution < -0.4 is 14.9 Å². The number of nitrogens with one attached hydrogen (secondary N) is 2. The van der Waals surface area contributed by atoms with E-state index in [4.69, 9.17) is 10.1 Å². The Bertz CT molecular complexity index is 1470. The minimum absolute atomic E-state index is 0.243. The Labute approximate surface area is 223 Å². The number of benzene rings is 2. The first-order valence-electron chi connectivity index (χ1n) is 13.7. The summed E-state index contributed by atoms with van der Waals surface area (Å²) in [6.45, 7) is 2.14. The van der Waals surface area contributed by atoms with Crippen molar-refractivity contribution in [3.05, 3.63) is 47.8 Å². The third-order valence-corrected chi connectivity index (χ3v) is 9.65. The minimum atomic E-state index is -3.68. The molecule has 0 unspecified atom stereocenters. The number of amides is 1. The van der Waals surface area contributed by atoms with E-state index in [-0.39, 0.29) is 11.7 Å². The smallest absolute Gasteiger partial charge is 0.257 e. The van der Waals surface area contributed by atoms with Gasteiger partial charge in [0.15, 0.2) is 0 Å². The summed E-state index contributed by atoms with van der Waals surface area (Å²) < 4.78 is 29.4. The van der Waals surface area contributed by atoms with Gasteiger partial charge < -0.3 is 19.9 Å². The lowest BCUT2D eigenvalue weighted by Crippen LogP contribution is -2.35. The number of aliphatic hydroxyl groups is 1. The van der Waals surface area contributed by atoms with E-state index in [9.17, 15) is 13.2 Å². The minimum Gasteiger partial charge on any atom is -0.395 e. The van der Waals surface area contributed by atoms with Gasteiger partial charge in [-0.1, -0.05) is 12.5 Å². The number of rotatable bonds is 7. The maximum Gasteiger partial charge on any atom is 0.257 e. The summed E-state index contributed by atoms with van der Waals surface area (Å²) in [7, 11) is -3.68. The molecule has 9 nitrogen and oxygen atoms in total. The van der Waals surface area contributed by atoms with Gasteiger partial charge in [0.2, 0.25) is 10.0 Å². The maximum atomic E-state index is 13.7. The third kappa shape index (κ3) is 4.99. The quantitative estimate of drug-likeness (QED) is 0.417. The van der Waals surface area contributed by atoms with Gasteiger partial charge in [0.25, 0.3) is 5.91 Å². The molecule has 10 heteroatoms. The summed E-state index contributed by atoms with van der Waals surface area (Å²) >= 11 is 0. The Morgan fingerprint density at radius 2 is 1.84 bits per heavy atom. The summed E-state index contributed by atoms with van der Waals surface area (Å²) in [4.78, 5) is 20.8. The summed E-state index contributed by atoms with van der Waals surface area (Å²) in [5, 5.41) is 12.2. The second-order valence-corrected chi connectivity index (χ2v) is 12.8. The molecule has 3 N–H and O–H groups in total. The molecule has 1 aliphatic carbocycles. The van der Waals surface area contributed by atoms with Crippen LogP contribution in [0.1, 0.15) is 61.1 Å². The Morgan fingerprint density at radius 3 is 2.61 bits per heavy atom. The summed E-state index contributed by atoms with van der Waals surface area (Å²) in [6, 6.07) is 10.9. The zero-order valence-electron chi connectivity index (χ0n) is 21.6. The molecule has 0 radical (unpaired) electrons. The highest BCUT2D eigenvalue weighted by Crippen LogP contribution is 2.54. The second kappa shape index (κ2) is 9.89. The number of carbonyl (C=O) groups excluding carboxylic acids is 1. The number of sulfonamides is 1. The number of anilines is 3. The van der Waals surface area contributed by atoms with E-state index in [0.717, 1.165) is 74.3 Å². The van der Waals surface area contributed by atoms with E-state index in [1.165, 1.54) is 19.3 Å². The zero-order chi connectivity index (χ0) is 26.3. The van der Waals surface area contributed by atoms with Gasteiger partial charge in [-0.3, -0.25) is 9.52 Å². The third-order valence-electron chi connectivity index (χ3n) is 8.39. The molecule has 1 spiro atoms. The molecule has 1 amide bonds. The Hall–Kier alpha value is -3.11. The number of fused-ring (bicyclic) bond motifs is 3. The van der Waals surface area contributed by atoms with Crippen LogP contribution in [0.25, 0.3) is 11.0 Å². The Kier molecular flexibility index (Phi) is 6.55. The first-order chi connectivity index (χ1) is 18.4. The van der Waals surface area contributed by atoms with E-state index < -0.39 is 16.6 Å². The van der Waals surface area contributed by atoms with Crippen molar-refractivity contribution in [1.82, 2.24) is 9.55 Å². The lowest BCUT2D eigenvalue weighted by Gasteiger charge is -2.35. The molecule has 3 heterocycles. The largest absolute Gasteiger partial charge is 0.395 e. The first kappa shape index (κ1) is 25.2. The van der Waals surface area contributed by atoms with Gasteiger partial charge in [-0.2, -0.15) is 0 Å². The SMILES string of the molecule is O=C(Nc1cccc2c1nc1n2CCCCC1)c1ccc(NS(=O)(=O)CCO)cc1N1CCC2(CC1)CC2. The van der Waals surface area contributed by atoms with Crippen LogP contribution in [0, 0.1) is 5.41 Å². The van der Waals surface area contributed by atoms with Gasteiger partial charge in [0.1, 0.15) is 11.3 Å². The van der Waals surface area contributed by atoms with E-state index in [0.29, 0.717) is 22.4 Å². The molecular formula is C28H35N5O4S. The van der Waals surface area contributed by atoms with Crippen LogP contribution in [0.15, 0.2) is 36.4 Å². The van der Waals surface area contributed by atoms with Crippen molar-refractivity contribution in [2.75, 3.05) is 40.4 Å². The molecule has 0 atom stereocenters. The van der Waals surface area contributed by atoms with Gasteiger partial charge in [-0.05, 0) is 74.3 Å². The summed E-state index contributed by atoms with van der Waals surface area (Å²) in [5.74, 6) is 0.448. The molecule has 3 aromatic rings. The normalized spacial score (nSPS) is 18.7. The summed E-state index contributed by atoms with van der Waals surface area (Å²) in [6.07, 6.45) is 9.09. The number of aliphatic hydroxyl groups excluding tert-OH is 1. The van der Waals surface area contributed by atoms with E-state index in [2.05, 4.69) is 25.6 Å². The van der Waals surface area contributed by atoms with Crippen molar-refractivity contribution in [3.8, 4) is 0 Å². The lowest BCUT2D eigenvalue weighted by atomic mass is 9.93. The number of nitrogens with zero attached hydrogens (tertiary/aromatic N) is 3. The van der Waals surface area contributed by atoms with Crippen LogP contribution in [-0.2, 0) is 23.0 Å². The molecule has 3 aliphatic rings. The van der Waals surface area contributed by atoms with Gasteiger partial charge in [0.05, 0.1) is 40.5 Å². The van der Waals surface area contributed by atoms with E-state index >= 15 is 0 Å². The molecular weight excluding hydrogens is 502 g/mol. The van der Waals surface area contributed by atoms with Crippen molar-refractivity contribution >= 4 is 44.0 Å². The van der Waals surface area contributed by atoms with E-state index in [1.54, 1.807) is 18.2 Å². The van der Waals surface area contributed by atoms with Crippen molar-refractivity contribution in [2.24, 2.45) is 5.41 Å². The van der Waals surface area contributed by atoms with Gasteiger partial charge in [0, 0.05) is 26.1 Å². The average Bonchev–Trinajstić information content (AvgIpc) is 3.61. The number of imidazole rings is 1. The molecule has 202 valence electrons. The molecule has 6 rings (SSSR count). The zero-order valence-corrected chi connectivity index (χ0v) is 22.4. The van der Waals surface area contributed by atoms with Crippen LogP contribution >= 0.6 is 0 Å². The van der Waals surface area contributed by atoms with Crippen molar-refractivity contribution < 1.29 is 18.3 Å². The Balaban J connectivity index is 1.31. The predicted molar refractivity (Wildman–Crippen MR) is 149 cm³/mol. The molecule has 38 heavy (non-hydrogen) atoms. The van der Waals surface area contributed by atoms with Crippen molar-refractivity contribution in [2.45, 2.75) is 57.9 Å². The maximum absolute atomic E-state index is 13.7. The number of aromatic nitrogens is 2. The van der Waals surface area contributed by atoms with Crippen LogP contribution in [-0.4, -0.2) is 54.4 Å². The van der Waals surface area contributed by atoms with Crippen molar-refractivity contribution in [1.29, 1.82) is 0 Å². The van der Waals surface area contributed by atoms with Crippen molar-refractivity contribution in [3.63, 3.8) is 0 Å². The molecule has 1 saturated heterocycles. The van der Waals surface area contributed by atoms with Gasteiger partial charge in [-0.15, -0.1) is 0 Å². The highest BCUT2D eigenvalue weighted by atomic mass is 32.2. The topological polar surface area (TPSA) is 117 Å². The molecule has 1 aromatic heterocycles.